The van der Waals surface area contributed by atoms with Gasteiger partial charge in [0.05, 0.1) is 24.9 Å². The summed E-state index contributed by atoms with van der Waals surface area (Å²) in [5.74, 6) is 0. The van der Waals surface area contributed by atoms with Crippen LogP contribution in [-0.2, 0) is 9.47 Å². The Bertz CT molecular complexity index is 134. The quantitative estimate of drug-likeness (QED) is 0.585. The van der Waals surface area contributed by atoms with Crippen molar-refractivity contribution in [2.24, 2.45) is 0 Å². The van der Waals surface area contributed by atoms with Crippen LogP contribution >= 0.6 is 22.6 Å². The van der Waals surface area contributed by atoms with Gasteiger partial charge in [-0.3, -0.25) is 0 Å². The SMILES string of the molecule is CCC1(CC)COCC(CI)O1. The summed E-state index contributed by atoms with van der Waals surface area (Å²) >= 11 is 2.35. The van der Waals surface area contributed by atoms with Gasteiger partial charge in [0, 0.05) is 4.43 Å². The molecule has 1 atom stereocenters. The van der Waals surface area contributed by atoms with Crippen LogP contribution in [-0.4, -0.2) is 29.3 Å². The van der Waals surface area contributed by atoms with E-state index < -0.39 is 0 Å². The highest BCUT2D eigenvalue weighted by Gasteiger charge is 2.34. The molecule has 2 nitrogen and oxygen atoms in total. The molecule has 1 fully saturated rings. The molecule has 3 heteroatoms. The van der Waals surface area contributed by atoms with Gasteiger partial charge < -0.3 is 9.47 Å². The van der Waals surface area contributed by atoms with Crippen molar-refractivity contribution in [3.05, 3.63) is 0 Å². The summed E-state index contributed by atoms with van der Waals surface area (Å²) in [6.07, 6.45) is 2.41. The van der Waals surface area contributed by atoms with Gasteiger partial charge in [0.1, 0.15) is 0 Å². The summed E-state index contributed by atoms with van der Waals surface area (Å²) < 4.78 is 12.6. The molecule has 0 aromatic heterocycles. The smallest absolute Gasteiger partial charge is 0.0914 e. The first-order valence-electron chi connectivity index (χ1n) is 4.58. The second kappa shape index (κ2) is 4.77. The molecule has 0 N–H and O–H groups in total. The first kappa shape index (κ1) is 10.7. The van der Waals surface area contributed by atoms with Crippen LogP contribution in [0.25, 0.3) is 0 Å². The fourth-order valence-electron chi connectivity index (χ4n) is 1.49. The van der Waals surface area contributed by atoms with Gasteiger partial charge in [-0.15, -0.1) is 0 Å². The topological polar surface area (TPSA) is 18.5 Å². The maximum Gasteiger partial charge on any atom is 0.0914 e. The average Bonchev–Trinajstić information content (AvgIpc) is 2.18. The highest BCUT2D eigenvalue weighted by atomic mass is 127. The molecule has 0 spiro atoms. The van der Waals surface area contributed by atoms with Gasteiger partial charge in [0.25, 0.3) is 0 Å². The van der Waals surface area contributed by atoms with E-state index in [1.165, 1.54) is 0 Å². The Kier molecular flexibility index (Phi) is 4.26. The lowest BCUT2D eigenvalue weighted by atomic mass is 9.97. The number of hydrogen-bond acceptors (Lipinski definition) is 2. The molecule has 72 valence electrons. The van der Waals surface area contributed by atoms with Gasteiger partial charge in [-0.2, -0.15) is 0 Å². The zero-order chi connectivity index (χ0) is 9.03. The minimum absolute atomic E-state index is 0.00802. The molecule has 0 aliphatic carbocycles. The zero-order valence-corrected chi connectivity index (χ0v) is 9.96. The van der Waals surface area contributed by atoms with Crippen LogP contribution in [0.15, 0.2) is 0 Å². The molecule has 0 saturated carbocycles. The molecule has 0 aromatic rings. The van der Waals surface area contributed by atoms with E-state index in [1.54, 1.807) is 0 Å². The van der Waals surface area contributed by atoms with Crippen LogP contribution in [0.5, 0.6) is 0 Å². The lowest BCUT2D eigenvalue weighted by Crippen LogP contribution is -2.47. The van der Waals surface area contributed by atoms with Crippen molar-refractivity contribution >= 4 is 22.6 Å². The van der Waals surface area contributed by atoms with Crippen molar-refractivity contribution < 1.29 is 9.47 Å². The first-order chi connectivity index (χ1) is 5.76. The molecule has 12 heavy (non-hydrogen) atoms. The van der Waals surface area contributed by atoms with E-state index in [2.05, 4.69) is 36.4 Å². The standard InChI is InChI=1S/C9H17IO2/c1-3-9(4-2)7-11-6-8(5-10)12-9/h8H,3-7H2,1-2H3. The Balaban J connectivity index is 2.52. The first-order valence-corrected chi connectivity index (χ1v) is 6.10. The maximum atomic E-state index is 5.99. The van der Waals surface area contributed by atoms with Gasteiger partial charge in [-0.05, 0) is 12.8 Å². The Morgan fingerprint density at radius 1 is 1.42 bits per heavy atom. The predicted octanol–water partition coefficient (Wildman–Crippen LogP) is 2.40. The van der Waals surface area contributed by atoms with Crippen LogP contribution < -0.4 is 0 Å². The van der Waals surface area contributed by atoms with Crippen molar-refractivity contribution in [1.82, 2.24) is 0 Å². The third-order valence-electron chi connectivity index (χ3n) is 2.55. The van der Waals surface area contributed by atoms with Crippen LogP contribution in [0.4, 0.5) is 0 Å². The third kappa shape index (κ3) is 2.33. The van der Waals surface area contributed by atoms with E-state index in [0.29, 0.717) is 6.10 Å². The van der Waals surface area contributed by atoms with E-state index in [1.807, 2.05) is 0 Å². The number of ether oxygens (including phenoxy) is 2. The Morgan fingerprint density at radius 3 is 2.58 bits per heavy atom. The largest absolute Gasteiger partial charge is 0.376 e. The van der Waals surface area contributed by atoms with Crippen molar-refractivity contribution in [3.8, 4) is 0 Å². The molecule has 0 amide bonds. The molecule has 1 unspecified atom stereocenters. The number of halogens is 1. The monoisotopic (exact) mass is 284 g/mol. The molecule has 1 aliphatic heterocycles. The minimum atomic E-state index is 0.00802. The normalized spacial score (nSPS) is 28.8. The molecule has 0 aromatic carbocycles. The van der Waals surface area contributed by atoms with Crippen LogP contribution in [0.1, 0.15) is 26.7 Å². The molecule has 1 rings (SSSR count). The van der Waals surface area contributed by atoms with Crippen LogP contribution in [0.2, 0.25) is 0 Å². The highest BCUT2D eigenvalue weighted by molar-refractivity contribution is 14.1. The summed E-state index contributed by atoms with van der Waals surface area (Å²) in [6, 6.07) is 0. The van der Waals surface area contributed by atoms with E-state index >= 15 is 0 Å². The number of rotatable bonds is 3. The number of alkyl halides is 1. The minimum Gasteiger partial charge on any atom is -0.376 e. The fourth-order valence-corrected chi connectivity index (χ4v) is 1.93. The van der Waals surface area contributed by atoms with Gasteiger partial charge in [-0.25, -0.2) is 0 Å². The van der Waals surface area contributed by atoms with Crippen LogP contribution in [0.3, 0.4) is 0 Å². The Labute approximate surface area is 88.1 Å². The van der Waals surface area contributed by atoms with Gasteiger partial charge in [-0.1, -0.05) is 36.4 Å². The van der Waals surface area contributed by atoms with Gasteiger partial charge >= 0.3 is 0 Å². The summed E-state index contributed by atoms with van der Waals surface area (Å²) in [4.78, 5) is 0. The molecular weight excluding hydrogens is 267 g/mol. The van der Waals surface area contributed by atoms with E-state index in [9.17, 15) is 0 Å². The second-order valence-electron chi connectivity index (χ2n) is 3.30. The van der Waals surface area contributed by atoms with Crippen molar-refractivity contribution in [1.29, 1.82) is 0 Å². The number of hydrogen-bond donors (Lipinski definition) is 0. The van der Waals surface area contributed by atoms with E-state index in [4.69, 9.17) is 9.47 Å². The Morgan fingerprint density at radius 2 is 2.08 bits per heavy atom. The highest BCUT2D eigenvalue weighted by Crippen LogP contribution is 2.27. The average molecular weight is 284 g/mol. The van der Waals surface area contributed by atoms with Crippen molar-refractivity contribution in [2.45, 2.75) is 38.4 Å². The summed E-state index contributed by atoms with van der Waals surface area (Å²) in [7, 11) is 0. The van der Waals surface area contributed by atoms with Gasteiger partial charge in [0.2, 0.25) is 0 Å². The van der Waals surface area contributed by atoms with Gasteiger partial charge in [0.15, 0.2) is 0 Å². The summed E-state index contributed by atoms with van der Waals surface area (Å²) in [5, 5.41) is 0. The zero-order valence-electron chi connectivity index (χ0n) is 7.81. The molecular formula is C9H17IO2. The van der Waals surface area contributed by atoms with Crippen LogP contribution in [0, 0.1) is 0 Å². The molecule has 0 radical (unpaired) electrons. The predicted molar refractivity (Wildman–Crippen MR) is 57.9 cm³/mol. The third-order valence-corrected chi connectivity index (χ3v) is 3.53. The van der Waals surface area contributed by atoms with E-state index in [-0.39, 0.29) is 5.60 Å². The maximum absolute atomic E-state index is 5.99. The van der Waals surface area contributed by atoms with Crippen molar-refractivity contribution in [3.63, 3.8) is 0 Å². The van der Waals surface area contributed by atoms with E-state index in [0.717, 1.165) is 30.5 Å². The fraction of sp³-hybridized carbons (Fsp3) is 1.00. The second-order valence-corrected chi connectivity index (χ2v) is 4.18. The summed E-state index contributed by atoms with van der Waals surface area (Å²) in [6.45, 7) is 5.88. The molecule has 1 saturated heterocycles. The lowest BCUT2D eigenvalue weighted by molar-refractivity contribution is -0.192. The van der Waals surface area contributed by atoms with Crippen molar-refractivity contribution in [2.75, 3.05) is 17.6 Å². The summed E-state index contributed by atoms with van der Waals surface area (Å²) in [5.41, 5.74) is 0.00802. The molecule has 0 bridgehead atoms. The molecule has 1 heterocycles. The molecule has 1 aliphatic rings. The Hall–Kier alpha value is 0.650. The lowest BCUT2D eigenvalue weighted by Gasteiger charge is -2.39.